The van der Waals surface area contributed by atoms with Gasteiger partial charge in [-0.2, -0.15) is 0 Å². The molecule has 0 N–H and O–H groups in total. The molecule has 2 aromatic carbocycles. The Kier molecular flexibility index (Phi) is 3.37. The zero-order valence-electron chi connectivity index (χ0n) is 11.5. The van der Waals surface area contributed by atoms with E-state index in [4.69, 9.17) is 16.0 Å². The molecule has 1 heterocycles. The number of halogens is 1. The molecule has 0 aliphatic rings. The highest BCUT2D eigenvalue weighted by molar-refractivity contribution is 6.30. The zero-order valence-corrected chi connectivity index (χ0v) is 12.2. The minimum Gasteiger partial charge on any atom is -0.460 e. The maximum atomic E-state index is 6.09. The molecule has 20 heavy (non-hydrogen) atoms. The lowest BCUT2D eigenvalue weighted by Crippen LogP contribution is -1.79. The molecular formula is C18H15ClO. The van der Waals surface area contributed by atoms with E-state index in [1.807, 2.05) is 44.2 Å². The Bertz CT molecular complexity index is 796. The van der Waals surface area contributed by atoms with E-state index in [-0.39, 0.29) is 0 Å². The molecule has 0 radical (unpaired) electrons. The highest BCUT2D eigenvalue weighted by Gasteiger charge is 2.13. The van der Waals surface area contributed by atoms with Crippen molar-refractivity contribution < 1.29 is 4.42 Å². The number of hydrogen-bond donors (Lipinski definition) is 0. The van der Waals surface area contributed by atoms with E-state index < -0.39 is 0 Å². The standard InChI is InChI=1S/C18H15ClO/c1-3-6-15-12(2)20-18-16(9-5-10-17(15)18)13-7-4-8-14(19)11-13/h3-11H,1-2H3. The Morgan fingerprint density at radius 3 is 2.65 bits per heavy atom. The molecule has 0 saturated heterocycles. The molecule has 2 heteroatoms. The van der Waals surface area contributed by atoms with Gasteiger partial charge in [-0.3, -0.25) is 0 Å². The summed E-state index contributed by atoms with van der Waals surface area (Å²) >= 11 is 6.09. The number of fused-ring (bicyclic) bond motifs is 1. The van der Waals surface area contributed by atoms with Gasteiger partial charge >= 0.3 is 0 Å². The van der Waals surface area contributed by atoms with Crippen LogP contribution >= 0.6 is 11.6 Å². The van der Waals surface area contributed by atoms with Gasteiger partial charge in [0.25, 0.3) is 0 Å². The molecule has 0 saturated carbocycles. The van der Waals surface area contributed by atoms with Crippen molar-refractivity contribution in [1.29, 1.82) is 0 Å². The third-order valence-corrected chi connectivity index (χ3v) is 3.64. The molecule has 0 unspecified atom stereocenters. The highest BCUT2D eigenvalue weighted by atomic mass is 35.5. The summed E-state index contributed by atoms with van der Waals surface area (Å²) in [7, 11) is 0. The lowest BCUT2D eigenvalue weighted by atomic mass is 10.0. The van der Waals surface area contributed by atoms with Crippen molar-refractivity contribution >= 4 is 28.6 Å². The van der Waals surface area contributed by atoms with Crippen LogP contribution in [0.1, 0.15) is 18.2 Å². The number of aryl methyl sites for hydroxylation is 1. The fourth-order valence-electron chi connectivity index (χ4n) is 2.51. The lowest BCUT2D eigenvalue weighted by molar-refractivity contribution is 0.578. The number of para-hydroxylation sites is 1. The quantitative estimate of drug-likeness (QED) is 0.554. The van der Waals surface area contributed by atoms with Crippen LogP contribution in [0.5, 0.6) is 0 Å². The number of hydrogen-bond acceptors (Lipinski definition) is 1. The Balaban J connectivity index is 2.30. The molecule has 0 fully saturated rings. The first-order valence-corrected chi connectivity index (χ1v) is 6.99. The number of allylic oxidation sites excluding steroid dienone is 1. The molecule has 1 aromatic heterocycles. The predicted octanol–water partition coefficient (Wildman–Crippen LogP) is 6.09. The molecule has 3 rings (SSSR count). The van der Waals surface area contributed by atoms with Gasteiger partial charge in [0.1, 0.15) is 11.3 Å². The summed E-state index contributed by atoms with van der Waals surface area (Å²) in [5.74, 6) is 0.938. The third kappa shape index (κ3) is 2.14. The van der Waals surface area contributed by atoms with Crippen LogP contribution in [0.4, 0.5) is 0 Å². The van der Waals surface area contributed by atoms with Gasteiger partial charge in [-0.05, 0) is 31.5 Å². The van der Waals surface area contributed by atoms with Crippen molar-refractivity contribution in [2.45, 2.75) is 13.8 Å². The first-order chi connectivity index (χ1) is 9.70. The normalized spacial score (nSPS) is 11.6. The van der Waals surface area contributed by atoms with Gasteiger partial charge in [-0.1, -0.05) is 54.1 Å². The average Bonchev–Trinajstić information content (AvgIpc) is 2.76. The molecule has 3 aromatic rings. The topological polar surface area (TPSA) is 13.1 Å². The van der Waals surface area contributed by atoms with E-state index >= 15 is 0 Å². The van der Waals surface area contributed by atoms with E-state index in [0.717, 1.165) is 38.4 Å². The summed E-state index contributed by atoms with van der Waals surface area (Å²) in [6.45, 7) is 4.01. The summed E-state index contributed by atoms with van der Waals surface area (Å²) < 4.78 is 5.98. The van der Waals surface area contributed by atoms with E-state index in [0.29, 0.717) is 0 Å². The van der Waals surface area contributed by atoms with Crippen molar-refractivity contribution in [1.82, 2.24) is 0 Å². The minimum absolute atomic E-state index is 0.733. The van der Waals surface area contributed by atoms with Gasteiger partial charge in [0.2, 0.25) is 0 Å². The van der Waals surface area contributed by atoms with Crippen molar-refractivity contribution in [3.63, 3.8) is 0 Å². The minimum atomic E-state index is 0.733. The summed E-state index contributed by atoms with van der Waals surface area (Å²) in [6.07, 6.45) is 4.12. The second-order valence-corrected chi connectivity index (χ2v) is 5.20. The van der Waals surface area contributed by atoms with E-state index in [2.05, 4.69) is 24.3 Å². The Hall–Kier alpha value is -1.99. The summed E-state index contributed by atoms with van der Waals surface area (Å²) in [4.78, 5) is 0. The molecule has 0 amide bonds. The van der Waals surface area contributed by atoms with Gasteiger partial charge in [0, 0.05) is 21.5 Å². The van der Waals surface area contributed by atoms with Crippen LogP contribution in [0.15, 0.2) is 53.0 Å². The molecule has 1 nitrogen and oxygen atoms in total. The molecule has 0 bridgehead atoms. The fourth-order valence-corrected chi connectivity index (χ4v) is 2.70. The highest BCUT2D eigenvalue weighted by Crippen LogP contribution is 2.35. The van der Waals surface area contributed by atoms with Crippen LogP contribution in [-0.2, 0) is 0 Å². The summed E-state index contributed by atoms with van der Waals surface area (Å²) in [5.41, 5.74) is 4.21. The Morgan fingerprint density at radius 2 is 1.90 bits per heavy atom. The fraction of sp³-hybridized carbons (Fsp3) is 0.111. The number of rotatable bonds is 2. The van der Waals surface area contributed by atoms with Crippen LogP contribution in [0.2, 0.25) is 5.02 Å². The maximum absolute atomic E-state index is 6.09. The zero-order chi connectivity index (χ0) is 14.1. The number of furan rings is 1. The third-order valence-electron chi connectivity index (χ3n) is 3.41. The average molecular weight is 283 g/mol. The predicted molar refractivity (Wildman–Crippen MR) is 86.1 cm³/mol. The van der Waals surface area contributed by atoms with Crippen LogP contribution in [-0.4, -0.2) is 0 Å². The second-order valence-electron chi connectivity index (χ2n) is 4.76. The molecule has 0 atom stereocenters. The van der Waals surface area contributed by atoms with Crippen molar-refractivity contribution in [2.75, 3.05) is 0 Å². The van der Waals surface area contributed by atoms with Crippen LogP contribution < -0.4 is 0 Å². The van der Waals surface area contributed by atoms with Gasteiger partial charge in [-0.25, -0.2) is 0 Å². The second kappa shape index (κ2) is 5.18. The van der Waals surface area contributed by atoms with E-state index in [9.17, 15) is 0 Å². The lowest BCUT2D eigenvalue weighted by Gasteiger charge is -2.03. The summed E-state index contributed by atoms with van der Waals surface area (Å²) in [6, 6.07) is 14.1. The first kappa shape index (κ1) is 13.0. The van der Waals surface area contributed by atoms with Crippen molar-refractivity contribution in [3.05, 3.63) is 64.9 Å². The van der Waals surface area contributed by atoms with Crippen LogP contribution in [0.3, 0.4) is 0 Å². The maximum Gasteiger partial charge on any atom is 0.142 e. The Labute approximate surface area is 123 Å². The van der Waals surface area contributed by atoms with Gasteiger partial charge in [-0.15, -0.1) is 0 Å². The summed E-state index contributed by atoms with van der Waals surface area (Å²) in [5, 5.41) is 1.87. The van der Waals surface area contributed by atoms with Crippen LogP contribution in [0, 0.1) is 6.92 Å². The molecular weight excluding hydrogens is 268 g/mol. The molecule has 0 spiro atoms. The van der Waals surface area contributed by atoms with E-state index in [1.54, 1.807) is 0 Å². The molecule has 0 aliphatic carbocycles. The first-order valence-electron chi connectivity index (χ1n) is 6.61. The van der Waals surface area contributed by atoms with Gasteiger partial charge in [0.15, 0.2) is 0 Å². The number of benzene rings is 2. The molecule has 0 aliphatic heterocycles. The van der Waals surface area contributed by atoms with Crippen molar-refractivity contribution in [3.8, 4) is 11.1 Å². The van der Waals surface area contributed by atoms with Crippen molar-refractivity contribution in [2.24, 2.45) is 0 Å². The Morgan fingerprint density at radius 1 is 1.10 bits per heavy atom. The van der Waals surface area contributed by atoms with Gasteiger partial charge < -0.3 is 4.42 Å². The van der Waals surface area contributed by atoms with Crippen LogP contribution in [0.25, 0.3) is 28.2 Å². The SMILES string of the molecule is CC=Cc1c(C)oc2c(-c3cccc(Cl)c3)cccc12. The smallest absolute Gasteiger partial charge is 0.142 e. The largest absolute Gasteiger partial charge is 0.460 e. The van der Waals surface area contributed by atoms with Gasteiger partial charge in [0.05, 0.1) is 0 Å². The van der Waals surface area contributed by atoms with E-state index in [1.165, 1.54) is 0 Å². The molecule has 100 valence electrons. The monoisotopic (exact) mass is 282 g/mol.